The van der Waals surface area contributed by atoms with Gasteiger partial charge in [-0.3, -0.25) is 14.6 Å². The number of carbonyl (C=O) groups excluding carboxylic acids is 1. The van der Waals surface area contributed by atoms with Crippen LogP contribution in [0.3, 0.4) is 0 Å². The summed E-state index contributed by atoms with van der Waals surface area (Å²) in [6.07, 6.45) is 1.52. The van der Waals surface area contributed by atoms with Crippen molar-refractivity contribution in [2.24, 2.45) is 0 Å². The number of amides is 1. The van der Waals surface area contributed by atoms with E-state index in [1.165, 1.54) is 18.7 Å². The molecule has 4 heterocycles. The first-order valence-electron chi connectivity index (χ1n) is 11.5. The standard InChI is InChI=1S/C23H34N4O3/c1-2-24-9-11-25(12-10-24)13-15-29-20-5-3-19(4-6-20)18-26-8-7-23-21(26)17-22(28)27(23)14-16-30-23/h3-6,21H,2,7-18H2,1H3/t21-,23+/m1/s1. The van der Waals surface area contributed by atoms with E-state index in [0.717, 1.165) is 64.6 Å². The summed E-state index contributed by atoms with van der Waals surface area (Å²) in [5.74, 6) is 1.19. The van der Waals surface area contributed by atoms with Gasteiger partial charge in [0, 0.05) is 65.2 Å². The van der Waals surface area contributed by atoms with Crippen molar-refractivity contribution in [2.45, 2.75) is 38.1 Å². The van der Waals surface area contributed by atoms with Crippen LogP contribution in [0.2, 0.25) is 0 Å². The molecule has 0 unspecified atom stereocenters. The smallest absolute Gasteiger partial charge is 0.226 e. The molecule has 4 saturated heterocycles. The number of piperazine rings is 1. The second kappa shape index (κ2) is 8.46. The molecule has 1 amide bonds. The Morgan fingerprint density at radius 1 is 1.07 bits per heavy atom. The predicted octanol–water partition coefficient (Wildman–Crippen LogP) is 1.24. The van der Waals surface area contributed by atoms with Gasteiger partial charge in [0.2, 0.25) is 5.91 Å². The molecule has 0 aromatic heterocycles. The average Bonchev–Trinajstić information content (AvgIpc) is 3.42. The minimum Gasteiger partial charge on any atom is -0.492 e. The molecule has 0 saturated carbocycles. The summed E-state index contributed by atoms with van der Waals surface area (Å²) in [4.78, 5) is 21.7. The van der Waals surface area contributed by atoms with Crippen LogP contribution >= 0.6 is 0 Å². The SMILES string of the molecule is CCN1CCN(CCOc2ccc(CN3CC[C@@]45OCCN4C(=O)C[C@@H]35)cc2)CC1. The van der Waals surface area contributed by atoms with Gasteiger partial charge in [0.15, 0.2) is 5.72 Å². The highest BCUT2D eigenvalue weighted by molar-refractivity contribution is 5.81. The zero-order chi connectivity index (χ0) is 20.6. The van der Waals surface area contributed by atoms with E-state index >= 15 is 0 Å². The summed E-state index contributed by atoms with van der Waals surface area (Å²) in [5, 5.41) is 0. The molecule has 7 nitrogen and oxygen atoms in total. The van der Waals surface area contributed by atoms with Gasteiger partial charge in [0.1, 0.15) is 12.4 Å². The number of benzene rings is 1. The molecule has 4 aliphatic heterocycles. The third-order valence-corrected chi connectivity index (χ3v) is 7.41. The molecule has 4 fully saturated rings. The van der Waals surface area contributed by atoms with E-state index in [0.29, 0.717) is 13.0 Å². The molecule has 0 radical (unpaired) electrons. The van der Waals surface area contributed by atoms with Gasteiger partial charge in [-0.05, 0) is 24.2 Å². The number of carbonyl (C=O) groups is 1. The van der Waals surface area contributed by atoms with Crippen molar-refractivity contribution in [3.8, 4) is 5.75 Å². The number of nitrogens with zero attached hydrogens (tertiary/aromatic N) is 4. The van der Waals surface area contributed by atoms with Crippen LogP contribution in [0.4, 0.5) is 0 Å². The lowest BCUT2D eigenvalue weighted by molar-refractivity contribution is -0.136. The van der Waals surface area contributed by atoms with E-state index in [-0.39, 0.29) is 17.7 Å². The third-order valence-electron chi connectivity index (χ3n) is 7.41. The topological polar surface area (TPSA) is 48.5 Å². The van der Waals surface area contributed by atoms with Crippen LogP contribution in [0.15, 0.2) is 24.3 Å². The molecular weight excluding hydrogens is 380 g/mol. The first-order valence-corrected chi connectivity index (χ1v) is 11.5. The molecule has 2 atom stereocenters. The van der Waals surface area contributed by atoms with Crippen LogP contribution in [0.5, 0.6) is 5.75 Å². The van der Waals surface area contributed by atoms with Gasteiger partial charge >= 0.3 is 0 Å². The van der Waals surface area contributed by atoms with Crippen LogP contribution in [0.25, 0.3) is 0 Å². The summed E-state index contributed by atoms with van der Waals surface area (Å²) < 4.78 is 12.1. The maximum atomic E-state index is 12.3. The summed E-state index contributed by atoms with van der Waals surface area (Å²) in [6, 6.07) is 8.66. The predicted molar refractivity (Wildman–Crippen MR) is 114 cm³/mol. The fourth-order valence-corrected chi connectivity index (χ4v) is 5.61. The molecule has 5 rings (SSSR count). The van der Waals surface area contributed by atoms with Crippen molar-refractivity contribution in [1.82, 2.24) is 19.6 Å². The zero-order valence-corrected chi connectivity index (χ0v) is 18.1. The quantitative estimate of drug-likeness (QED) is 0.669. The molecule has 1 spiro atoms. The highest BCUT2D eigenvalue weighted by Crippen LogP contribution is 2.45. The number of rotatable bonds is 7. The Labute approximate surface area is 179 Å². The number of hydrogen-bond acceptors (Lipinski definition) is 6. The summed E-state index contributed by atoms with van der Waals surface area (Å²) in [7, 11) is 0. The molecule has 4 aliphatic rings. The number of ether oxygens (including phenoxy) is 2. The molecule has 0 bridgehead atoms. The molecule has 0 aliphatic carbocycles. The molecule has 1 aromatic carbocycles. The highest BCUT2D eigenvalue weighted by atomic mass is 16.5. The highest BCUT2D eigenvalue weighted by Gasteiger charge is 2.61. The van der Waals surface area contributed by atoms with Crippen LogP contribution in [0, 0.1) is 0 Å². The van der Waals surface area contributed by atoms with Crippen molar-refractivity contribution >= 4 is 5.91 Å². The second-order valence-electron chi connectivity index (χ2n) is 8.95. The fourth-order valence-electron chi connectivity index (χ4n) is 5.61. The zero-order valence-electron chi connectivity index (χ0n) is 18.1. The van der Waals surface area contributed by atoms with Gasteiger partial charge in [0.25, 0.3) is 0 Å². The van der Waals surface area contributed by atoms with E-state index in [9.17, 15) is 4.79 Å². The fraction of sp³-hybridized carbons (Fsp3) is 0.696. The van der Waals surface area contributed by atoms with E-state index in [1.807, 2.05) is 4.90 Å². The first-order chi connectivity index (χ1) is 14.7. The Morgan fingerprint density at radius 2 is 1.83 bits per heavy atom. The van der Waals surface area contributed by atoms with Crippen molar-refractivity contribution in [3.63, 3.8) is 0 Å². The van der Waals surface area contributed by atoms with Crippen LogP contribution in [0.1, 0.15) is 25.3 Å². The van der Waals surface area contributed by atoms with E-state index in [1.54, 1.807) is 0 Å². The Bertz CT molecular complexity index is 749. The molecular formula is C23H34N4O3. The van der Waals surface area contributed by atoms with Crippen LogP contribution in [-0.2, 0) is 16.1 Å². The molecule has 1 aromatic rings. The second-order valence-corrected chi connectivity index (χ2v) is 8.95. The van der Waals surface area contributed by atoms with Crippen molar-refractivity contribution in [3.05, 3.63) is 29.8 Å². The van der Waals surface area contributed by atoms with Gasteiger partial charge in [0.05, 0.1) is 12.6 Å². The van der Waals surface area contributed by atoms with Crippen molar-refractivity contribution < 1.29 is 14.3 Å². The minimum atomic E-state index is -0.344. The van der Waals surface area contributed by atoms with Gasteiger partial charge < -0.3 is 19.3 Å². The van der Waals surface area contributed by atoms with Crippen LogP contribution < -0.4 is 4.74 Å². The van der Waals surface area contributed by atoms with E-state index in [4.69, 9.17) is 9.47 Å². The van der Waals surface area contributed by atoms with Gasteiger partial charge in [-0.2, -0.15) is 0 Å². The summed E-state index contributed by atoms with van der Waals surface area (Å²) in [6.45, 7) is 13.0. The first kappa shape index (κ1) is 20.2. The molecule has 30 heavy (non-hydrogen) atoms. The summed E-state index contributed by atoms with van der Waals surface area (Å²) >= 11 is 0. The van der Waals surface area contributed by atoms with Crippen molar-refractivity contribution in [2.75, 3.05) is 65.6 Å². The lowest BCUT2D eigenvalue weighted by Crippen LogP contribution is -2.47. The Balaban J connectivity index is 1.10. The van der Waals surface area contributed by atoms with Crippen LogP contribution in [-0.4, -0.2) is 103 Å². The molecule has 164 valence electrons. The maximum Gasteiger partial charge on any atom is 0.226 e. The number of likely N-dealkylation sites (N-methyl/N-ethyl adjacent to an activating group) is 1. The third kappa shape index (κ3) is 3.73. The van der Waals surface area contributed by atoms with E-state index in [2.05, 4.69) is 45.9 Å². The maximum absolute atomic E-state index is 12.3. The molecule has 0 N–H and O–H groups in total. The number of likely N-dealkylation sites (tertiary alicyclic amines) is 1. The summed E-state index contributed by atoms with van der Waals surface area (Å²) in [5.41, 5.74) is 0.918. The lowest BCUT2D eigenvalue weighted by atomic mass is 10.1. The monoisotopic (exact) mass is 414 g/mol. The van der Waals surface area contributed by atoms with Gasteiger partial charge in [-0.1, -0.05) is 19.1 Å². The largest absolute Gasteiger partial charge is 0.492 e. The Kier molecular flexibility index (Phi) is 5.71. The Hall–Kier alpha value is -1.67. The van der Waals surface area contributed by atoms with Gasteiger partial charge in [-0.25, -0.2) is 0 Å². The lowest BCUT2D eigenvalue weighted by Gasteiger charge is -2.33. The van der Waals surface area contributed by atoms with Crippen molar-refractivity contribution in [1.29, 1.82) is 0 Å². The van der Waals surface area contributed by atoms with E-state index < -0.39 is 0 Å². The van der Waals surface area contributed by atoms with Gasteiger partial charge in [-0.15, -0.1) is 0 Å². The number of hydrogen-bond donors (Lipinski definition) is 0. The normalized spacial score (nSPS) is 30.1. The molecule has 7 heteroatoms. The average molecular weight is 415 g/mol. The Morgan fingerprint density at radius 3 is 2.60 bits per heavy atom. The minimum absolute atomic E-state index is 0.191.